The van der Waals surface area contributed by atoms with Gasteiger partial charge in [0.15, 0.2) is 0 Å². The first-order chi connectivity index (χ1) is 10.7. The Kier molecular flexibility index (Phi) is 4.17. The highest BCUT2D eigenvalue weighted by molar-refractivity contribution is 7.89. The van der Waals surface area contributed by atoms with Gasteiger partial charge in [0.05, 0.1) is 4.90 Å². The third kappa shape index (κ3) is 2.87. The Hall–Kier alpha value is -1.14. The summed E-state index contributed by atoms with van der Waals surface area (Å²) in [5.74, 6) is 0. The van der Waals surface area contributed by atoms with Gasteiger partial charge >= 0.3 is 0 Å². The molecule has 0 aliphatic carbocycles. The molecule has 0 spiro atoms. The van der Waals surface area contributed by atoms with Gasteiger partial charge in [0, 0.05) is 34.9 Å². The topological polar surface area (TPSA) is 63.4 Å². The van der Waals surface area contributed by atoms with Gasteiger partial charge in [-0.15, -0.1) is 0 Å². The fraction of sp³-hybridized carbons (Fsp3) is 0.412. The van der Waals surface area contributed by atoms with Crippen LogP contribution in [-0.4, -0.2) is 31.9 Å². The molecule has 2 aromatic rings. The van der Waals surface area contributed by atoms with Gasteiger partial charge in [-0.2, -0.15) is 4.31 Å². The molecule has 0 bridgehead atoms. The molecular weight excluding hydrogens is 332 g/mol. The van der Waals surface area contributed by atoms with Gasteiger partial charge in [-0.1, -0.05) is 49.7 Å². The number of rotatable bonds is 2. The Bertz CT molecular complexity index is 849. The van der Waals surface area contributed by atoms with Gasteiger partial charge in [-0.3, -0.25) is 0 Å². The smallest absolute Gasteiger partial charge is 0.243 e. The van der Waals surface area contributed by atoms with E-state index in [4.69, 9.17) is 17.3 Å². The Morgan fingerprint density at radius 3 is 2.48 bits per heavy atom. The summed E-state index contributed by atoms with van der Waals surface area (Å²) in [6, 6.07) is 10.6. The van der Waals surface area contributed by atoms with E-state index in [9.17, 15) is 8.42 Å². The zero-order valence-electron chi connectivity index (χ0n) is 13.3. The minimum atomic E-state index is -3.58. The summed E-state index contributed by atoms with van der Waals surface area (Å²) in [5, 5.41) is 1.97. The van der Waals surface area contributed by atoms with Crippen LogP contribution < -0.4 is 5.73 Å². The highest BCUT2D eigenvalue weighted by Crippen LogP contribution is 2.35. The molecule has 6 heteroatoms. The number of nitrogens with zero attached hydrogens (tertiary/aromatic N) is 1. The van der Waals surface area contributed by atoms with E-state index in [1.807, 2.05) is 32.0 Å². The van der Waals surface area contributed by atoms with E-state index in [1.165, 1.54) is 0 Å². The largest absolute Gasteiger partial charge is 0.327 e. The van der Waals surface area contributed by atoms with Gasteiger partial charge in [-0.05, 0) is 24.0 Å². The molecule has 3 rings (SSSR count). The van der Waals surface area contributed by atoms with Crippen molar-refractivity contribution in [1.29, 1.82) is 0 Å². The molecule has 0 radical (unpaired) electrons. The van der Waals surface area contributed by atoms with Crippen LogP contribution in [0.5, 0.6) is 0 Å². The second-order valence-corrected chi connectivity index (χ2v) is 9.13. The number of fused-ring (bicyclic) bond motifs is 1. The quantitative estimate of drug-likeness (QED) is 0.902. The van der Waals surface area contributed by atoms with Crippen molar-refractivity contribution in [2.24, 2.45) is 11.1 Å². The standard InChI is InChI=1S/C17H21ClN2O2S/c1-17(2)11-20(10-9-16(17)19)23(21,22)15-8-7-14(18)12-5-3-4-6-13(12)15/h3-8,16H,9-11,19H2,1-2H3. The second-order valence-electron chi connectivity index (χ2n) is 6.81. The zero-order valence-corrected chi connectivity index (χ0v) is 14.9. The monoisotopic (exact) mass is 352 g/mol. The molecule has 1 saturated heterocycles. The number of halogens is 1. The van der Waals surface area contributed by atoms with Crippen LogP contribution in [0.1, 0.15) is 20.3 Å². The summed E-state index contributed by atoms with van der Waals surface area (Å²) < 4.78 is 27.8. The molecule has 124 valence electrons. The lowest BCUT2D eigenvalue weighted by molar-refractivity contribution is 0.155. The third-order valence-electron chi connectivity index (χ3n) is 4.73. The number of nitrogens with two attached hydrogens (primary N) is 1. The maximum absolute atomic E-state index is 13.1. The van der Waals surface area contributed by atoms with Crippen LogP contribution in [0.2, 0.25) is 5.02 Å². The molecule has 1 unspecified atom stereocenters. The molecule has 0 amide bonds. The highest BCUT2D eigenvalue weighted by atomic mass is 35.5. The Labute approximate surface area is 142 Å². The van der Waals surface area contributed by atoms with E-state index in [2.05, 4.69) is 0 Å². The lowest BCUT2D eigenvalue weighted by Crippen LogP contribution is -2.53. The molecule has 0 aromatic heterocycles. The lowest BCUT2D eigenvalue weighted by atomic mass is 9.81. The number of sulfonamides is 1. The van der Waals surface area contributed by atoms with Crippen LogP contribution in [0, 0.1) is 5.41 Å². The fourth-order valence-corrected chi connectivity index (χ4v) is 5.18. The van der Waals surface area contributed by atoms with Gasteiger partial charge in [0.2, 0.25) is 10.0 Å². The van der Waals surface area contributed by atoms with Crippen LogP contribution in [0.25, 0.3) is 10.8 Å². The van der Waals surface area contributed by atoms with Gasteiger partial charge in [-0.25, -0.2) is 8.42 Å². The maximum atomic E-state index is 13.1. The number of hydrogen-bond acceptors (Lipinski definition) is 3. The third-order valence-corrected chi connectivity index (χ3v) is 6.96. The number of hydrogen-bond donors (Lipinski definition) is 1. The van der Waals surface area contributed by atoms with Crippen molar-refractivity contribution in [2.75, 3.05) is 13.1 Å². The minimum Gasteiger partial charge on any atom is -0.327 e. The van der Waals surface area contributed by atoms with E-state index in [0.29, 0.717) is 34.8 Å². The van der Waals surface area contributed by atoms with E-state index in [-0.39, 0.29) is 11.5 Å². The first-order valence-corrected chi connectivity index (χ1v) is 9.48. The van der Waals surface area contributed by atoms with Gasteiger partial charge in [0.1, 0.15) is 0 Å². The van der Waals surface area contributed by atoms with Crippen molar-refractivity contribution in [1.82, 2.24) is 4.31 Å². The number of benzene rings is 2. The summed E-state index contributed by atoms with van der Waals surface area (Å²) in [6.07, 6.45) is 0.664. The fourth-order valence-electron chi connectivity index (χ4n) is 3.13. The van der Waals surface area contributed by atoms with E-state index in [0.717, 1.165) is 5.39 Å². The first-order valence-electron chi connectivity index (χ1n) is 7.66. The summed E-state index contributed by atoms with van der Waals surface area (Å²) >= 11 is 6.20. The van der Waals surface area contributed by atoms with Crippen molar-refractivity contribution in [2.45, 2.75) is 31.2 Å². The SMILES string of the molecule is CC1(C)CN(S(=O)(=O)c2ccc(Cl)c3ccccc23)CCC1N. The van der Waals surface area contributed by atoms with Crippen molar-refractivity contribution in [3.05, 3.63) is 41.4 Å². The van der Waals surface area contributed by atoms with E-state index < -0.39 is 10.0 Å². The molecule has 23 heavy (non-hydrogen) atoms. The van der Waals surface area contributed by atoms with Crippen molar-refractivity contribution in [3.63, 3.8) is 0 Å². The van der Waals surface area contributed by atoms with Gasteiger partial charge in [0.25, 0.3) is 0 Å². The van der Waals surface area contributed by atoms with Crippen LogP contribution in [0.3, 0.4) is 0 Å². The molecule has 1 fully saturated rings. The summed E-state index contributed by atoms with van der Waals surface area (Å²) in [6.45, 7) is 4.90. The van der Waals surface area contributed by atoms with Crippen LogP contribution in [0.4, 0.5) is 0 Å². The molecule has 1 aliphatic heterocycles. The average Bonchev–Trinajstić information content (AvgIpc) is 2.50. The molecule has 1 atom stereocenters. The van der Waals surface area contributed by atoms with E-state index in [1.54, 1.807) is 22.5 Å². The molecule has 4 nitrogen and oxygen atoms in total. The predicted molar refractivity (Wildman–Crippen MR) is 94.1 cm³/mol. The molecular formula is C17H21ClN2O2S. The molecule has 2 aromatic carbocycles. The van der Waals surface area contributed by atoms with Crippen molar-refractivity contribution in [3.8, 4) is 0 Å². The Morgan fingerprint density at radius 1 is 1.17 bits per heavy atom. The molecule has 2 N–H and O–H groups in total. The lowest BCUT2D eigenvalue weighted by Gasteiger charge is -2.41. The average molecular weight is 353 g/mol. The van der Waals surface area contributed by atoms with Gasteiger partial charge < -0.3 is 5.73 Å². The van der Waals surface area contributed by atoms with E-state index >= 15 is 0 Å². The Balaban J connectivity index is 2.09. The van der Waals surface area contributed by atoms with Crippen molar-refractivity contribution >= 4 is 32.4 Å². The summed E-state index contributed by atoms with van der Waals surface area (Å²) in [4.78, 5) is 0.309. The van der Waals surface area contributed by atoms with Crippen LogP contribution >= 0.6 is 11.6 Å². The summed E-state index contributed by atoms with van der Waals surface area (Å²) in [5.41, 5.74) is 5.89. The number of piperidine rings is 1. The normalized spacial score (nSPS) is 22.3. The zero-order chi connectivity index (χ0) is 16.8. The second kappa shape index (κ2) is 5.74. The highest BCUT2D eigenvalue weighted by Gasteiger charge is 2.39. The summed E-state index contributed by atoms with van der Waals surface area (Å²) in [7, 11) is -3.58. The molecule has 0 saturated carbocycles. The Morgan fingerprint density at radius 2 is 1.83 bits per heavy atom. The first kappa shape index (κ1) is 16.7. The van der Waals surface area contributed by atoms with Crippen LogP contribution in [-0.2, 0) is 10.0 Å². The molecule has 1 heterocycles. The minimum absolute atomic E-state index is 0.0101. The molecule has 1 aliphatic rings. The van der Waals surface area contributed by atoms with Crippen molar-refractivity contribution < 1.29 is 8.42 Å². The van der Waals surface area contributed by atoms with Crippen LogP contribution in [0.15, 0.2) is 41.3 Å². The predicted octanol–water partition coefficient (Wildman–Crippen LogP) is 3.24. The maximum Gasteiger partial charge on any atom is 0.243 e.